The molecule has 1 aromatic carbocycles. The molecule has 3 aromatic heterocycles. The first kappa shape index (κ1) is 24.7. The topological polar surface area (TPSA) is 129 Å². The molecule has 11 heteroatoms. The van der Waals surface area contributed by atoms with Crippen LogP contribution in [0.1, 0.15) is 33.1 Å². The molecule has 0 bridgehead atoms. The second-order valence-corrected chi connectivity index (χ2v) is 9.70. The van der Waals surface area contributed by atoms with E-state index in [4.69, 9.17) is 15.6 Å². The molecular formula is C24H23IN7O2P. The maximum absolute atomic E-state index is 13.1. The quantitative estimate of drug-likeness (QED) is 0.117. The zero-order valence-electron chi connectivity index (χ0n) is 19.0. The number of carbonyl (C=O) groups excluding carboxylic acids is 1. The molecule has 1 unspecified atom stereocenters. The molecule has 4 N–H and O–H groups in total. The van der Waals surface area contributed by atoms with E-state index in [0.29, 0.717) is 35.0 Å². The van der Waals surface area contributed by atoms with Crippen LogP contribution >= 0.6 is 28.4 Å². The Morgan fingerprint density at radius 1 is 1.17 bits per heavy atom. The summed E-state index contributed by atoms with van der Waals surface area (Å²) in [5, 5.41) is 22.4. The van der Waals surface area contributed by atoms with Gasteiger partial charge in [-0.3, -0.25) is 9.78 Å². The van der Waals surface area contributed by atoms with Gasteiger partial charge < -0.3 is 30.5 Å². The van der Waals surface area contributed by atoms with Gasteiger partial charge in [-0.15, -0.1) is 0 Å². The molecule has 4 aromatic rings. The fraction of sp³-hybridized carbons (Fsp3) is 0.125. The number of anilines is 1. The summed E-state index contributed by atoms with van der Waals surface area (Å²) in [5.74, 6) is 0.602. The Kier molecular flexibility index (Phi) is 7.72. The van der Waals surface area contributed by atoms with Gasteiger partial charge in [0.25, 0.3) is 5.91 Å². The lowest BCUT2D eigenvalue weighted by Gasteiger charge is -2.10. The summed E-state index contributed by atoms with van der Waals surface area (Å²) >= 11 is 2.22. The van der Waals surface area contributed by atoms with Crippen molar-refractivity contribution in [2.24, 2.45) is 7.05 Å². The molecule has 0 aliphatic carbocycles. The number of halogens is 1. The van der Waals surface area contributed by atoms with E-state index in [1.807, 2.05) is 43.3 Å². The third kappa shape index (κ3) is 5.33. The monoisotopic (exact) mass is 599 g/mol. The lowest BCUT2D eigenvalue weighted by molar-refractivity contribution is 0.0942. The van der Waals surface area contributed by atoms with Crippen LogP contribution in [0.3, 0.4) is 0 Å². The fourth-order valence-corrected chi connectivity index (χ4v) is 4.97. The van der Waals surface area contributed by atoms with Gasteiger partial charge >= 0.3 is 0 Å². The number of benzene rings is 1. The molecule has 178 valence electrons. The average molecular weight is 599 g/mol. The molecule has 0 saturated heterocycles. The first-order valence-electron chi connectivity index (χ1n) is 10.6. The van der Waals surface area contributed by atoms with Crippen molar-refractivity contribution >= 4 is 63.3 Å². The molecule has 35 heavy (non-hydrogen) atoms. The number of nitrogens with one attached hydrogen (secondary N) is 4. The molecular weight excluding hydrogens is 576 g/mol. The van der Waals surface area contributed by atoms with Gasteiger partial charge in [0.15, 0.2) is 0 Å². The van der Waals surface area contributed by atoms with Crippen molar-refractivity contribution in [2.75, 3.05) is 5.09 Å². The van der Waals surface area contributed by atoms with Gasteiger partial charge in [-0.1, -0.05) is 6.07 Å². The predicted octanol–water partition coefficient (Wildman–Crippen LogP) is 5.35. The summed E-state index contributed by atoms with van der Waals surface area (Å²) in [6.07, 6.45) is 2.84. The summed E-state index contributed by atoms with van der Waals surface area (Å²) in [6, 6.07) is 14.6. The molecule has 0 aliphatic rings. The van der Waals surface area contributed by atoms with Gasteiger partial charge in [0.2, 0.25) is 5.88 Å². The smallest absolute Gasteiger partial charge is 0.268 e. The molecule has 1 atom stereocenters. The largest absolute Gasteiger partial charge is 0.439 e. The minimum absolute atomic E-state index is 0.288. The summed E-state index contributed by atoms with van der Waals surface area (Å²) in [6.45, 7) is 2.19. The second-order valence-electron chi connectivity index (χ2n) is 7.65. The van der Waals surface area contributed by atoms with Crippen LogP contribution in [-0.2, 0) is 13.6 Å². The highest BCUT2D eigenvalue weighted by atomic mass is 127. The Morgan fingerprint density at radius 3 is 2.71 bits per heavy atom. The van der Waals surface area contributed by atoms with Crippen LogP contribution in [0.4, 0.5) is 5.69 Å². The standard InChI is InChI=1S/C24H23IN7O2P/c1-14-4-3-5-15(29-14)13-28-24(33)23-18(11-26)17-7-6-16(10-21(17)32(23)2)34-22-9-8-19(31-35-25)20(12-27)30-22/h3-12,26-27,31,35H,13H2,1-2H3,(H,28,33). The van der Waals surface area contributed by atoms with E-state index in [1.165, 1.54) is 12.4 Å². The van der Waals surface area contributed by atoms with E-state index in [0.717, 1.165) is 28.0 Å². The number of aromatic nitrogens is 3. The van der Waals surface area contributed by atoms with Gasteiger partial charge in [0.1, 0.15) is 17.1 Å². The maximum Gasteiger partial charge on any atom is 0.268 e. The van der Waals surface area contributed by atoms with Gasteiger partial charge in [-0.25, -0.2) is 4.98 Å². The number of hydrogen-bond acceptors (Lipinski definition) is 7. The lowest BCUT2D eigenvalue weighted by atomic mass is 10.1. The highest BCUT2D eigenvalue weighted by Crippen LogP contribution is 2.31. The van der Waals surface area contributed by atoms with Crippen LogP contribution in [0.25, 0.3) is 10.9 Å². The molecule has 9 nitrogen and oxygen atoms in total. The number of rotatable bonds is 9. The molecule has 0 spiro atoms. The first-order valence-corrected chi connectivity index (χ1v) is 14.7. The summed E-state index contributed by atoms with van der Waals surface area (Å²) in [4.78, 5) is 21.9. The van der Waals surface area contributed by atoms with E-state index >= 15 is 0 Å². The van der Waals surface area contributed by atoms with E-state index in [-0.39, 0.29) is 12.5 Å². The highest BCUT2D eigenvalue weighted by molar-refractivity contribution is 14.2. The zero-order chi connectivity index (χ0) is 24.9. The highest BCUT2D eigenvalue weighted by Gasteiger charge is 2.20. The van der Waals surface area contributed by atoms with E-state index in [9.17, 15) is 4.79 Å². The molecule has 4 rings (SSSR count). The van der Waals surface area contributed by atoms with Crippen molar-refractivity contribution in [3.63, 3.8) is 0 Å². The number of ether oxygens (including phenoxy) is 1. The predicted molar refractivity (Wildman–Crippen MR) is 149 cm³/mol. The second kappa shape index (κ2) is 10.9. The van der Waals surface area contributed by atoms with Crippen molar-refractivity contribution in [2.45, 2.75) is 13.5 Å². The number of carbonyl (C=O) groups is 1. The molecule has 3 heterocycles. The van der Waals surface area contributed by atoms with Crippen LogP contribution in [0.15, 0.2) is 48.5 Å². The minimum Gasteiger partial charge on any atom is -0.439 e. The average Bonchev–Trinajstić information content (AvgIpc) is 3.14. The van der Waals surface area contributed by atoms with Crippen LogP contribution in [0.2, 0.25) is 0 Å². The van der Waals surface area contributed by atoms with Crippen LogP contribution in [0.5, 0.6) is 11.6 Å². The Morgan fingerprint density at radius 2 is 2.00 bits per heavy atom. The van der Waals surface area contributed by atoms with Crippen molar-refractivity contribution in [3.8, 4) is 11.6 Å². The fourth-order valence-electron chi connectivity index (χ4n) is 3.78. The third-order valence-corrected chi connectivity index (χ3v) is 6.56. The number of aryl methyl sites for hydroxylation is 2. The minimum atomic E-state index is -0.288. The zero-order valence-corrected chi connectivity index (χ0v) is 22.2. The number of nitrogens with zero attached hydrogens (tertiary/aromatic N) is 3. The SMILES string of the molecule is Cc1cccc(CNC(=O)c2c(C=N)c3ccc(Oc4ccc(NPI)c(C=N)n4)cc3n2C)n1. The molecule has 0 saturated carbocycles. The van der Waals surface area contributed by atoms with Gasteiger partial charge in [-0.2, -0.15) is 0 Å². The van der Waals surface area contributed by atoms with Crippen LogP contribution < -0.4 is 15.1 Å². The van der Waals surface area contributed by atoms with Crippen molar-refractivity contribution in [1.29, 1.82) is 10.8 Å². The Hall–Kier alpha value is -3.37. The lowest BCUT2D eigenvalue weighted by Crippen LogP contribution is -2.26. The Labute approximate surface area is 217 Å². The third-order valence-electron chi connectivity index (χ3n) is 5.39. The van der Waals surface area contributed by atoms with Gasteiger partial charge in [-0.05, 0) is 59.3 Å². The molecule has 1 amide bonds. The number of amides is 1. The van der Waals surface area contributed by atoms with E-state index in [2.05, 4.69) is 42.4 Å². The van der Waals surface area contributed by atoms with Crippen LogP contribution in [0, 0.1) is 17.7 Å². The number of pyridine rings is 2. The number of hydrogen-bond donors (Lipinski definition) is 4. The normalized spacial score (nSPS) is 11.1. The van der Waals surface area contributed by atoms with E-state index < -0.39 is 0 Å². The Balaban J connectivity index is 1.62. The number of fused-ring (bicyclic) bond motifs is 1. The summed E-state index contributed by atoms with van der Waals surface area (Å²) in [7, 11) is 1.79. The van der Waals surface area contributed by atoms with Gasteiger partial charge in [0.05, 0.1) is 23.4 Å². The first-order chi connectivity index (χ1) is 16.9. The van der Waals surface area contributed by atoms with Crippen molar-refractivity contribution in [3.05, 3.63) is 76.9 Å². The Bertz CT molecular complexity index is 1440. The van der Waals surface area contributed by atoms with Gasteiger partial charge in [0, 0.05) is 54.6 Å². The van der Waals surface area contributed by atoms with Crippen LogP contribution in [-0.4, -0.2) is 32.9 Å². The van der Waals surface area contributed by atoms with E-state index in [1.54, 1.807) is 23.7 Å². The maximum atomic E-state index is 13.1. The summed E-state index contributed by atoms with van der Waals surface area (Å²) in [5.41, 5.74) is 4.57. The van der Waals surface area contributed by atoms with Crippen molar-refractivity contribution in [1.82, 2.24) is 19.9 Å². The summed E-state index contributed by atoms with van der Waals surface area (Å²) < 4.78 is 7.71. The molecule has 0 aliphatic heterocycles. The molecule has 0 radical (unpaired) electrons. The van der Waals surface area contributed by atoms with Crippen molar-refractivity contribution < 1.29 is 9.53 Å². The molecule has 0 fully saturated rings.